The normalized spacial score (nSPS) is 16.3. The molecule has 2 heterocycles. The number of aromatic nitrogens is 2. The Kier molecular flexibility index (Phi) is 3.31. The average molecular weight is 293 g/mol. The number of carboxylic acid groups (broad SMARTS) is 1. The summed E-state index contributed by atoms with van der Waals surface area (Å²) in [6.07, 6.45) is 2.48. The standard InChI is InChI=1S/C13H15N3O3S/c1-6-15-11-10(9(17)4-7-2-3-7)8(16-13(18)19)5-14-12(11)20-6/h5,7,9,16-17H,2-4H2,1H3,(H,18,19). The Balaban J connectivity index is 2.08. The molecule has 0 aliphatic heterocycles. The van der Waals surface area contributed by atoms with Gasteiger partial charge in [-0.15, -0.1) is 0 Å². The van der Waals surface area contributed by atoms with E-state index in [-0.39, 0.29) is 0 Å². The number of aryl methyl sites for hydroxylation is 1. The Hall–Kier alpha value is -1.73. The molecule has 0 saturated heterocycles. The third-order valence-electron chi connectivity index (χ3n) is 3.40. The Morgan fingerprint density at radius 3 is 3.00 bits per heavy atom. The number of thiazole rings is 1. The van der Waals surface area contributed by atoms with Crippen molar-refractivity contribution in [1.82, 2.24) is 9.97 Å². The van der Waals surface area contributed by atoms with E-state index in [0.717, 1.165) is 22.7 Å². The molecule has 0 aromatic carbocycles. The van der Waals surface area contributed by atoms with Crippen molar-refractivity contribution in [2.75, 3.05) is 5.32 Å². The fourth-order valence-electron chi connectivity index (χ4n) is 2.34. The summed E-state index contributed by atoms with van der Waals surface area (Å²) in [5.74, 6) is 0.533. The predicted molar refractivity (Wildman–Crippen MR) is 76.1 cm³/mol. The molecule has 1 aliphatic carbocycles. The average Bonchev–Trinajstić information content (AvgIpc) is 3.07. The zero-order valence-electron chi connectivity index (χ0n) is 11.0. The van der Waals surface area contributed by atoms with Gasteiger partial charge in [0.25, 0.3) is 0 Å². The highest BCUT2D eigenvalue weighted by molar-refractivity contribution is 7.18. The van der Waals surface area contributed by atoms with E-state index in [0.29, 0.717) is 29.1 Å². The van der Waals surface area contributed by atoms with Crippen LogP contribution in [0.1, 0.15) is 35.9 Å². The van der Waals surface area contributed by atoms with Gasteiger partial charge in [0.2, 0.25) is 0 Å². The molecule has 0 spiro atoms. The summed E-state index contributed by atoms with van der Waals surface area (Å²) in [7, 11) is 0. The first kappa shape index (κ1) is 13.3. The molecule has 20 heavy (non-hydrogen) atoms. The molecule has 1 aliphatic rings. The van der Waals surface area contributed by atoms with Crippen molar-refractivity contribution in [3.8, 4) is 0 Å². The number of carbonyl (C=O) groups is 1. The molecule has 2 aromatic heterocycles. The number of aliphatic hydroxyl groups excluding tert-OH is 1. The quantitative estimate of drug-likeness (QED) is 0.805. The number of pyridine rings is 1. The van der Waals surface area contributed by atoms with Gasteiger partial charge in [0.05, 0.1) is 23.0 Å². The summed E-state index contributed by atoms with van der Waals surface area (Å²) in [5.41, 5.74) is 1.48. The molecule has 6 nitrogen and oxygen atoms in total. The number of fused-ring (bicyclic) bond motifs is 1. The van der Waals surface area contributed by atoms with E-state index in [9.17, 15) is 9.90 Å². The van der Waals surface area contributed by atoms with Gasteiger partial charge < -0.3 is 10.2 Å². The van der Waals surface area contributed by atoms with Crippen LogP contribution in [0.2, 0.25) is 0 Å². The third kappa shape index (κ3) is 2.59. The maximum atomic E-state index is 10.9. The van der Waals surface area contributed by atoms with E-state index in [2.05, 4.69) is 15.3 Å². The fraction of sp³-hybridized carbons (Fsp3) is 0.462. The SMILES string of the molecule is Cc1nc2c(C(O)CC3CC3)c(NC(=O)O)cnc2s1. The molecule has 1 saturated carbocycles. The first-order valence-corrected chi connectivity index (χ1v) is 7.30. The second-order valence-corrected chi connectivity index (χ2v) is 6.28. The van der Waals surface area contributed by atoms with Gasteiger partial charge >= 0.3 is 6.09 Å². The second kappa shape index (κ2) is 4.99. The van der Waals surface area contributed by atoms with Crippen LogP contribution in [0.5, 0.6) is 0 Å². The summed E-state index contributed by atoms with van der Waals surface area (Å²) in [4.78, 5) is 20.2. The molecule has 1 amide bonds. The highest BCUT2D eigenvalue weighted by Gasteiger charge is 2.28. The minimum atomic E-state index is -1.17. The first-order valence-electron chi connectivity index (χ1n) is 6.48. The van der Waals surface area contributed by atoms with Crippen LogP contribution in [-0.2, 0) is 0 Å². The molecule has 1 atom stereocenters. The summed E-state index contributed by atoms with van der Waals surface area (Å²) in [5, 5.41) is 22.5. The lowest BCUT2D eigenvalue weighted by Gasteiger charge is -2.15. The zero-order valence-corrected chi connectivity index (χ0v) is 11.8. The number of nitrogens with zero attached hydrogens (tertiary/aromatic N) is 2. The maximum absolute atomic E-state index is 10.9. The topological polar surface area (TPSA) is 95.3 Å². The van der Waals surface area contributed by atoms with Crippen LogP contribution in [0.3, 0.4) is 0 Å². The fourth-order valence-corrected chi connectivity index (χ4v) is 3.11. The molecule has 3 rings (SSSR count). The van der Waals surface area contributed by atoms with Crippen molar-refractivity contribution < 1.29 is 15.0 Å². The first-order chi connectivity index (χ1) is 9.54. The van der Waals surface area contributed by atoms with E-state index in [1.165, 1.54) is 17.5 Å². The van der Waals surface area contributed by atoms with Crippen molar-refractivity contribution in [3.63, 3.8) is 0 Å². The molecule has 106 valence electrons. The van der Waals surface area contributed by atoms with Gasteiger partial charge in [0.15, 0.2) is 0 Å². The molecule has 1 fully saturated rings. The van der Waals surface area contributed by atoms with Crippen LogP contribution >= 0.6 is 11.3 Å². The van der Waals surface area contributed by atoms with E-state index >= 15 is 0 Å². The van der Waals surface area contributed by atoms with Crippen molar-refractivity contribution in [2.24, 2.45) is 5.92 Å². The van der Waals surface area contributed by atoms with Crippen molar-refractivity contribution >= 4 is 33.5 Å². The Morgan fingerprint density at radius 2 is 2.35 bits per heavy atom. The maximum Gasteiger partial charge on any atom is 0.409 e. The molecule has 3 N–H and O–H groups in total. The summed E-state index contributed by atoms with van der Waals surface area (Å²) in [6.45, 7) is 1.87. The second-order valence-electron chi connectivity index (χ2n) is 5.10. The lowest BCUT2D eigenvalue weighted by molar-refractivity contribution is 0.162. The largest absolute Gasteiger partial charge is 0.465 e. The van der Waals surface area contributed by atoms with Crippen molar-refractivity contribution in [1.29, 1.82) is 0 Å². The molecule has 2 aromatic rings. The number of amides is 1. The monoisotopic (exact) mass is 293 g/mol. The number of nitrogens with one attached hydrogen (secondary N) is 1. The number of anilines is 1. The number of hydrogen-bond acceptors (Lipinski definition) is 5. The van der Waals surface area contributed by atoms with Gasteiger partial charge in [0, 0.05) is 5.56 Å². The van der Waals surface area contributed by atoms with Gasteiger partial charge in [-0.1, -0.05) is 24.2 Å². The summed E-state index contributed by atoms with van der Waals surface area (Å²) in [6, 6.07) is 0. The zero-order chi connectivity index (χ0) is 14.3. The van der Waals surface area contributed by atoms with Crippen LogP contribution in [0.4, 0.5) is 10.5 Å². The van der Waals surface area contributed by atoms with E-state index in [1.54, 1.807) is 0 Å². The Labute approximate surface area is 119 Å². The number of aliphatic hydroxyl groups is 1. The van der Waals surface area contributed by atoms with Crippen LogP contribution in [0.15, 0.2) is 6.20 Å². The lowest BCUT2D eigenvalue weighted by Crippen LogP contribution is -2.12. The van der Waals surface area contributed by atoms with E-state index in [4.69, 9.17) is 5.11 Å². The highest BCUT2D eigenvalue weighted by atomic mass is 32.1. The van der Waals surface area contributed by atoms with Crippen molar-refractivity contribution in [2.45, 2.75) is 32.3 Å². The van der Waals surface area contributed by atoms with Gasteiger partial charge in [-0.3, -0.25) is 5.32 Å². The minimum absolute atomic E-state index is 0.323. The molecular weight excluding hydrogens is 278 g/mol. The third-order valence-corrected chi connectivity index (χ3v) is 4.28. The smallest absolute Gasteiger partial charge is 0.409 e. The summed E-state index contributed by atoms with van der Waals surface area (Å²) < 4.78 is 0. The molecule has 7 heteroatoms. The number of hydrogen-bond donors (Lipinski definition) is 3. The van der Waals surface area contributed by atoms with Crippen molar-refractivity contribution in [3.05, 3.63) is 16.8 Å². The minimum Gasteiger partial charge on any atom is -0.465 e. The number of rotatable bonds is 4. The van der Waals surface area contributed by atoms with Gasteiger partial charge in [-0.2, -0.15) is 0 Å². The van der Waals surface area contributed by atoms with Crippen LogP contribution in [0, 0.1) is 12.8 Å². The lowest BCUT2D eigenvalue weighted by atomic mass is 10.0. The van der Waals surface area contributed by atoms with Crippen LogP contribution in [0.25, 0.3) is 10.3 Å². The molecule has 0 bridgehead atoms. The molecular formula is C13H15N3O3S. The van der Waals surface area contributed by atoms with E-state index in [1.807, 2.05) is 6.92 Å². The predicted octanol–water partition coefficient (Wildman–Crippen LogP) is 2.92. The molecule has 1 unspecified atom stereocenters. The Morgan fingerprint density at radius 1 is 1.60 bits per heavy atom. The molecule has 0 radical (unpaired) electrons. The van der Waals surface area contributed by atoms with Gasteiger partial charge in [-0.05, 0) is 19.3 Å². The summed E-state index contributed by atoms with van der Waals surface area (Å²) >= 11 is 1.44. The van der Waals surface area contributed by atoms with Gasteiger partial charge in [0.1, 0.15) is 10.3 Å². The Bertz CT molecular complexity index is 666. The van der Waals surface area contributed by atoms with E-state index < -0.39 is 12.2 Å². The van der Waals surface area contributed by atoms with Crippen LogP contribution in [-0.4, -0.2) is 26.3 Å². The highest BCUT2D eigenvalue weighted by Crippen LogP contribution is 2.41. The van der Waals surface area contributed by atoms with Crippen LogP contribution < -0.4 is 5.32 Å². The van der Waals surface area contributed by atoms with Gasteiger partial charge in [-0.25, -0.2) is 14.8 Å².